The number of hydrogen-bond donors (Lipinski definition) is 3. The fourth-order valence-electron chi connectivity index (χ4n) is 1.91. The molecule has 0 bridgehead atoms. The lowest BCUT2D eigenvalue weighted by Gasteiger charge is -2.08. The van der Waals surface area contributed by atoms with Gasteiger partial charge in [0.05, 0.1) is 10.5 Å². The minimum Gasteiger partial charge on any atom is -0.477 e. The molecule has 2 aromatic rings. The number of rotatable bonds is 6. The molecule has 0 aliphatic rings. The highest BCUT2D eigenvalue weighted by Crippen LogP contribution is 2.11. The standard InChI is InChI=1S/C16H15N3O6S/c1-10(20)17-8-11-2-5-13(6-3-11)26(24,25)19-15(21)12-4-7-14(16(22)23)18-9-12/h2-7,9H,8H2,1H3,(H,17,20)(H,19,21)(H,22,23). The van der Waals surface area contributed by atoms with Gasteiger partial charge in [-0.15, -0.1) is 0 Å². The second-order valence-corrected chi connectivity index (χ2v) is 6.91. The summed E-state index contributed by atoms with van der Waals surface area (Å²) >= 11 is 0. The molecule has 2 amide bonds. The summed E-state index contributed by atoms with van der Waals surface area (Å²) < 4.78 is 26.4. The van der Waals surface area contributed by atoms with E-state index < -0.39 is 21.9 Å². The van der Waals surface area contributed by atoms with Crippen molar-refractivity contribution in [1.29, 1.82) is 0 Å². The second kappa shape index (κ2) is 7.74. The van der Waals surface area contributed by atoms with Gasteiger partial charge in [0.2, 0.25) is 5.91 Å². The van der Waals surface area contributed by atoms with Crippen LogP contribution in [0.5, 0.6) is 0 Å². The van der Waals surface area contributed by atoms with E-state index in [0.29, 0.717) is 5.56 Å². The number of carbonyl (C=O) groups excluding carboxylic acids is 2. The van der Waals surface area contributed by atoms with Gasteiger partial charge in [0, 0.05) is 19.7 Å². The summed E-state index contributed by atoms with van der Waals surface area (Å²) in [5.41, 5.74) is 0.332. The minimum atomic E-state index is -4.11. The zero-order valence-corrected chi connectivity index (χ0v) is 14.4. The Morgan fingerprint density at radius 1 is 1.08 bits per heavy atom. The number of carbonyl (C=O) groups is 3. The highest BCUT2D eigenvalue weighted by Gasteiger charge is 2.19. The highest BCUT2D eigenvalue weighted by atomic mass is 32.2. The molecule has 0 unspecified atom stereocenters. The van der Waals surface area contributed by atoms with Gasteiger partial charge in [0.25, 0.3) is 15.9 Å². The average molecular weight is 377 g/mol. The maximum Gasteiger partial charge on any atom is 0.354 e. The predicted octanol–water partition coefficient (Wildman–Crippen LogP) is 0.535. The Morgan fingerprint density at radius 2 is 1.73 bits per heavy atom. The molecule has 9 nitrogen and oxygen atoms in total. The van der Waals surface area contributed by atoms with E-state index in [0.717, 1.165) is 18.3 Å². The van der Waals surface area contributed by atoms with Crippen molar-refractivity contribution in [3.63, 3.8) is 0 Å². The molecule has 26 heavy (non-hydrogen) atoms. The Labute approximate surface area is 149 Å². The first-order valence-electron chi connectivity index (χ1n) is 7.29. The van der Waals surface area contributed by atoms with E-state index in [1.54, 1.807) is 0 Å². The molecule has 0 aliphatic carbocycles. The van der Waals surface area contributed by atoms with Crippen LogP contribution in [0.4, 0.5) is 0 Å². The van der Waals surface area contributed by atoms with Gasteiger partial charge in [0.15, 0.2) is 0 Å². The Balaban J connectivity index is 2.10. The molecule has 0 saturated carbocycles. The molecule has 136 valence electrons. The van der Waals surface area contributed by atoms with Gasteiger partial charge in [-0.2, -0.15) is 0 Å². The van der Waals surface area contributed by atoms with Crippen LogP contribution in [-0.2, 0) is 21.4 Å². The van der Waals surface area contributed by atoms with Crippen LogP contribution in [-0.4, -0.2) is 36.3 Å². The maximum absolute atomic E-state index is 12.3. The van der Waals surface area contributed by atoms with Crippen LogP contribution in [0.3, 0.4) is 0 Å². The van der Waals surface area contributed by atoms with Gasteiger partial charge in [-0.05, 0) is 29.8 Å². The second-order valence-electron chi connectivity index (χ2n) is 5.23. The topological polar surface area (TPSA) is 143 Å². The predicted molar refractivity (Wildman–Crippen MR) is 89.8 cm³/mol. The van der Waals surface area contributed by atoms with Gasteiger partial charge in [0.1, 0.15) is 5.69 Å². The van der Waals surface area contributed by atoms with E-state index in [1.807, 2.05) is 4.72 Å². The third-order valence-electron chi connectivity index (χ3n) is 3.25. The third-order valence-corrected chi connectivity index (χ3v) is 4.59. The first-order valence-corrected chi connectivity index (χ1v) is 8.77. The van der Waals surface area contributed by atoms with Crippen molar-refractivity contribution in [1.82, 2.24) is 15.0 Å². The zero-order valence-electron chi connectivity index (χ0n) is 13.6. The molecule has 2 rings (SSSR count). The lowest BCUT2D eigenvalue weighted by atomic mass is 10.2. The number of nitrogens with one attached hydrogen (secondary N) is 2. The van der Waals surface area contributed by atoms with Crippen molar-refractivity contribution in [2.24, 2.45) is 0 Å². The van der Waals surface area contributed by atoms with Crippen LogP contribution in [0.25, 0.3) is 0 Å². The Bertz CT molecular complexity index is 937. The SMILES string of the molecule is CC(=O)NCc1ccc(S(=O)(=O)NC(=O)c2ccc(C(=O)O)nc2)cc1. The molecule has 3 N–H and O–H groups in total. The van der Waals surface area contributed by atoms with Crippen LogP contribution in [0.15, 0.2) is 47.5 Å². The summed E-state index contributed by atoms with van der Waals surface area (Å²) in [5.74, 6) is -2.41. The Kier molecular flexibility index (Phi) is 5.68. The summed E-state index contributed by atoms with van der Waals surface area (Å²) in [5, 5.41) is 11.3. The first-order chi connectivity index (χ1) is 12.2. The van der Waals surface area contributed by atoms with Crippen molar-refractivity contribution < 1.29 is 27.9 Å². The number of aromatic nitrogens is 1. The molecular formula is C16H15N3O6S. The molecule has 1 aromatic heterocycles. The van der Waals surface area contributed by atoms with E-state index in [9.17, 15) is 22.8 Å². The number of carboxylic acids is 1. The number of sulfonamides is 1. The monoisotopic (exact) mass is 377 g/mol. The van der Waals surface area contributed by atoms with E-state index >= 15 is 0 Å². The van der Waals surface area contributed by atoms with Crippen LogP contribution in [0.2, 0.25) is 0 Å². The highest BCUT2D eigenvalue weighted by molar-refractivity contribution is 7.90. The van der Waals surface area contributed by atoms with E-state index in [2.05, 4.69) is 10.3 Å². The molecule has 0 atom stereocenters. The van der Waals surface area contributed by atoms with E-state index in [1.165, 1.54) is 31.2 Å². The molecule has 0 aliphatic heterocycles. The lowest BCUT2D eigenvalue weighted by Crippen LogP contribution is -2.30. The number of hydrogen-bond acceptors (Lipinski definition) is 6. The zero-order chi connectivity index (χ0) is 19.3. The molecule has 0 radical (unpaired) electrons. The Hall–Kier alpha value is -3.27. The van der Waals surface area contributed by atoms with Crippen molar-refractivity contribution in [2.75, 3.05) is 0 Å². The van der Waals surface area contributed by atoms with Gasteiger partial charge in [-0.25, -0.2) is 22.9 Å². The minimum absolute atomic E-state index is 0.0964. The maximum atomic E-state index is 12.3. The fraction of sp³-hybridized carbons (Fsp3) is 0.125. The van der Waals surface area contributed by atoms with Crippen molar-refractivity contribution >= 4 is 27.8 Å². The molecule has 0 spiro atoms. The van der Waals surface area contributed by atoms with Crippen molar-refractivity contribution in [3.05, 3.63) is 59.4 Å². The van der Waals surface area contributed by atoms with Gasteiger partial charge in [-0.3, -0.25) is 9.59 Å². The van der Waals surface area contributed by atoms with Crippen LogP contribution in [0, 0.1) is 0 Å². The van der Waals surface area contributed by atoms with E-state index in [4.69, 9.17) is 5.11 Å². The summed E-state index contributed by atoms with van der Waals surface area (Å²) in [7, 11) is -4.11. The number of aromatic carboxylic acids is 1. The normalized spacial score (nSPS) is 10.8. The molecule has 10 heteroatoms. The third kappa shape index (κ3) is 4.86. The molecule has 1 aromatic carbocycles. The first kappa shape index (κ1) is 19.1. The number of carboxylic acid groups (broad SMARTS) is 1. The number of nitrogens with zero attached hydrogens (tertiary/aromatic N) is 1. The van der Waals surface area contributed by atoms with Crippen LogP contribution >= 0.6 is 0 Å². The van der Waals surface area contributed by atoms with Crippen molar-refractivity contribution in [2.45, 2.75) is 18.4 Å². The smallest absolute Gasteiger partial charge is 0.354 e. The van der Waals surface area contributed by atoms with Gasteiger partial charge < -0.3 is 10.4 Å². The molecule has 0 fully saturated rings. The number of benzene rings is 1. The van der Waals surface area contributed by atoms with Crippen molar-refractivity contribution in [3.8, 4) is 0 Å². The van der Waals surface area contributed by atoms with Gasteiger partial charge >= 0.3 is 5.97 Å². The molecular weight excluding hydrogens is 362 g/mol. The summed E-state index contributed by atoms with van der Waals surface area (Å²) in [6.45, 7) is 1.62. The van der Waals surface area contributed by atoms with Crippen LogP contribution in [0.1, 0.15) is 33.3 Å². The summed E-state index contributed by atoms with van der Waals surface area (Å²) in [6, 6.07) is 7.89. The number of pyridine rings is 1. The lowest BCUT2D eigenvalue weighted by molar-refractivity contribution is -0.119. The average Bonchev–Trinajstić information content (AvgIpc) is 2.60. The quantitative estimate of drug-likeness (QED) is 0.666. The van der Waals surface area contributed by atoms with Crippen LogP contribution < -0.4 is 10.0 Å². The molecule has 0 saturated heterocycles. The Morgan fingerprint density at radius 3 is 2.23 bits per heavy atom. The molecule has 1 heterocycles. The van der Waals surface area contributed by atoms with Gasteiger partial charge in [-0.1, -0.05) is 12.1 Å². The summed E-state index contributed by atoms with van der Waals surface area (Å²) in [4.78, 5) is 37.1. The largest absolute Gasteiger partial charge is 0.477 e. The number of amides is 2. The fourth-order valence-corrected chi connectivity index (χ4v) is 2.88. The summed E-state index contributed by atoms with van der Waals surface area (Å²) in [6.07, 6.45) is 0.977. The van der Waals surface area contributed by atoms with E-state index in [-0.39, 0.29) is 28.6 Å².